The number of rotatable bonds is 5. The topological polar surface area (TPSA) is 26.0 Å². The molecular weight excluding hydrogens is 683 g/mol. The molecule has 0 aliphatic carbocycles. The van der Waals surface area contributed by atoms with Crippen LogP contribution in [0.1, 0.15) is 0 Å². The molecule has 0 amide bonds. The van der Waals surface area contributed by atoms with E-state index in [0.29, 0.717) is 0 Å². The van der Waals surface area contributed by atoms with Gasteiger partial charge in [-0.1, -0.05) is 133 Å². The lowest BCUT2D eigenvalue weighted by Crippen LogP contribution is -1.87. The van der Waals surface area contributed by atoms with Crippen LogP contribution in [0, 0.1) is 0 Å². The molecule has 0 unspecified atom stereocenters. The molecule has 0 bridgehead atoms. The quantitative estimate of drug-likeness (QED) is 0.178. The van der Waals surface area contributed by atoms with Gasteiger partial charge < -0.3 is 4.42 Å². The summed E-state index contributed by atoms with van der Waals surface area (Å²) in [6, 6.07) is 63.2. The first-order valence-electron chi connectivity index (χ1n) is 17.8. The number of benzene rings is 8. The first kappa shape index (κ1) is 30.3. The normalized spacial score (nSPS) is 11.8. The zero-order chi connectivity index (χ0) is 34.9. The second-order valence-corrected chi connectivity index (χ2v) is 15.6. The Morgan fingerprint density at radius 1 is 0.377 bits per heavy atom. The Kier molecular flexibility index (Phi) is 6.94. The second-order valence-electron chi connectivity index (χ2n) is 13.5. The van der Waals surface area contributed by atoms with Crippen molar-refractivity contribution >= 4 is 75.0 Å². The number of hydrogen-bond acceptors (Lipinski definition) is 4. The van der Waals surface area contributed by atoms with Crippen LogP contribution < -0.4 is 0 Å². The average Bonchev–Trinajstić information content (AvgIpc) is 3.93. The summed E-state index contributed by atoms with van der Waals surface area (Å²) in [5.41, 5.74) is 13.6. The summed E-state index contributed by atoms with van der Waals surface area (Å²) < 4.78 is 10.1. The van der Waals surface area contributed by atoms with Crippen LogP contribution in [-0.4, -0.2) is 4.98 Å². The number of fused-ring (bicyclic) bond motifs is 7. The van der Waals surface area contributed by atoms with Crippen molar-refractivity contribution in [1.29, 1.82) is 0 Å². The van der Waals surface area contributed by atoms with E-state index in [0.717, 1.165) is 32.5 Å². The fourth-order valence-electron chi connectivity index (χ4n) is 7.76. The van der Waals surface area contributed by atoms with Crippen LogP contribution in [0.4, 0.5) is 0 Å². The maximum Gasteiger partial charge on any atom is 0.136 e. The molecule has 0 saturated heterocycles. The molecule has 0 spiro atoms. The van der Waals surface area contributed by atoms with Gasteiger partial charge in [-0.05, 0) is 87.0 Å². The van der Waals surface area contributed by atoms with Crippen LogP contribution in [0.15, 0.2) is 180 Å². The third kappa shape index (κ3) is 5.10. The van der Waals surface area contributed by atoms with Crippen molar-refractivity contribution in [3.8, 4) is 55.1 Å². The third-order valence-electron chi connectivity index (χ3n) is 10.3. The first-order chi connectivity index (χ1) is 26.2. The maximum absolute atomic E-state index is 6.28. The van der Waals surface area contributed by atoms with Gasteiger partial charge in [0.1, 0.15) is 16.2 Å². The van der Waals surface area contributed by atoms with Gasteiger partial charge in [0, 0.05) is 36.5 Å². The largest absolute Gasteiger partial charge is 0.456 e. The summed E-state index contributed by atoms with van der Waals surface area (Å²) in [7, 11) is 0. The number of hydrogen-bond donors (Lipinski definition) is 0. The Morgan fingerprint density at radius 2 is 1.00 bits per heavy atom. The molecule has 53 heavy (non-hydrogen) atoms. The molecule has 4 heteroatoms. The van der Waals surface area contributed by atoms with E-state index in [1.165, 1.54) is 74.9 Å². The van der Waals surface area contributed by atoms with Gasteiger partial charge in [-0.15, -0.1) is 22.7 Å². The van der Waals surface area contributed by atoms with Crippen molar-refractivity contribution in [2.75, 3.05) is 0 Å². The molecule has 3 heterocycles. The summed E-state index contributed by atoms with van der Waals surface area (Å²) >= 11 is 3.64. The monoisotopic (exact) mass is 711 g/mol. The van der Waals surface area contributed by atoms with Crippen molar-refractivity contribution in [1.82, 2.24) is 4.98 Å². The van der Waals surface area contributed by atoms with Crippen LogP contribution in [0.2, 0.25) is 0 Å². The minimum Gasteiger partial charge on any atom is -0.456 e. The third-order valence-corrected chi connectivity index (χ3v) is 12.6. The number of nitrogens with zero attached hydrogens (tertiary/aromatic N) is 1. The highest BCUT2D eigenvalue weighted by atomic mass is 32.1. The highest BCUT2D eigenvalue weighted by Gasteiger charge is 2.17. The fourth-order valence-corrected chi connectivity index (χ4v) is 10.1. The van der Waals surface area contributed by atoms with E-state index in [1.807, 2.05) is 23.5 Å². The van der Waals surface area contributed by atoms with Crippen molar-refractivity contribution in [2.24, 2.45) is 0 Å². The Morgan fingerprint density at radius 3 is 1.81 bits per heavy atom. The van der Waals surface area contributed by atoms with Crippen LogP contribution in [-0.2, 0) is 0 Å². The zero-order valence-corrected chi connectivity index (χ0v) is 30.0. The summed E-state index contributed by atoms with van der Waals surface area (Å²) in [5.74, 6) is 0. The molecule has 248 valence electrons. The minimum absolute atomic E-state index is 0.906. The highest BCUT2D eigenvalue weighted by Crippen LogP contribution is 2.44. The summed E-state index contributed by atoms with van der Waals surface area (Å²) in [6.07, 6.45) is 0. The number of thiophene rings is 1. The van der Waals surface area contributed by atoms with Crippen molar-refractivity contribution in [2.45, 2.75) is 0 Å². The Bertz CT molecular complexity index is 3150. The van der Waals surface area contributed by atoms with Crippen molar-refractivity contribution in [3.63, 3.8) is 0 Å². The van der Waals surface area contributed by atoms with Crippen molar-refractivity contribution in [3.05, 3.63) is 176 Å². The lowest BCUT2D eigenvalue weighted by atomic mass is 9.91. The summed E-state index contributed by atoms with van der Waals surface area (Å²) in [6.45, 7) is 0. The molecule has 2 nitrogen and oxygen atoms in total. The van der Waals surface area contributed by atoms with Gasteiger partial charge >= 0.3 is 0 Å². The van der Waals surface area contributed by atoms with E-state index in [9.17, 15) is 0 Å². The van der Waals surface area contributed by atoms with Gasteiger partial charge in [-0.3, -0.25) is 0 Å². The predicted molar refractivity (Wildman–Crippen MR) is 227 cm³/mol. The van der Waals surface area contributed by atoms with E-state index >= 15 is 0 Å². The molecule has 3 aromatic heterocycles. The van der Waals surface area contributed by atoms with Gasteiger partial charge in [-0.25, -0.2) is 4.98 Å². The lowest BCUT2D eigenvalue weighted by molar-refractivity contribution is 0.669. The molecule has 11 aromatic rings. The van der Waals surface area contributed by atoms with Crippen LogP contribution in [0.5, 0.6) is 0 Å². The van der Waals surface area contributed by atoms with Gasteiger partial charge in [0.15, 0.2) is 0 Å². The van der Waals surface area contributed by atoms with Gasteiger partial charge in [0.25, 0.3) is 0 Å². The molecule has 0 radical (unpaired) electrons. The van der Waals surface area contributed by atoms with E-state index in [4.69, 9.17) is 9.40 Å². The number of aromatic nitrogens is 1. The Labute approximate surface area is 313 Å². The molecule has 0 fully saturated rings. The summed E-state index contributed by atoms with van der Waals surface area (Å²) in [5, 5.41) is 5.91. The zero-order valence-electron chi connectivity index (χ0n) is 28.4. The molecule has 8 aromatic carbocycles. The molecule has 0 atom stereocenters. The molecular formula is C49H29NOS2. The smallest absolute Gasteiger partial charge is 0.136 e. The minimum atomic E-state index is 0.906. The summed E-state index contributed by atoms with van der Waals surface area (Å²) in [4.78, 5) is 5.03. The Balaban J connectivity index is 1.01. The highest BCUT2D eigenvalue weighted by molar-refractivity contribution is 7.27. The first-order valence-corrected chi connectivity index (χ1v) is 19.4. The molecule has 11 rings (SSSR count). The van der Waals surface area contributed by atoms with Crippen molar-refractivity contribution < 1.29 is 4.42 Å². The Hall–Kier alpha value is -6.33. The SMILES string of the molecule is c1ccc(-c2cc(-c3ccc(-c4cccc5c4sc4cc6sc(-c7ccccc7)nc6cc45)cc3)cc(-c3cccc4oc5ccccc5c34)c2)cc1. The van der Waals surface area contributed by atoms with Gasteiger partial charge in [0.2, 0.25) is 0 Å². The van der Waals surface area contributed by atoms with E-state index < -0.39 is 0 Å². The number of furan rings is 1. The predicted octanol–water partition coefficient (Wildman–Crippen LogP) is 14.9. The number of para-hydroxylation sites is 1. The second kappa shape index (κ2) is 12.1. The van der Waals surface area contributed by atoms with Crippen LogP contribution >= 0.6 is 22.7 Å². The molecule has 0 saturated carbocycles. The fraction of sp³-hybridized carbons (Fsp3) is 0. The molecule has 0 aliphatic rings. The van der Waals surface area contributed by atoms with Crippen LogP contribution in [0.3, 0.4) is 0 Å². The lowest BCUT2D eigenvalue weighted by Gasteiger charge is -2.13. The standard InChI is InChI=1S/C49H29NOS2/c1-3-11-30(12-4-1)34-25-35(27-36(26-34)37-16-10-20-44-47(37)40-15-7-8-19-43(40)51-44)31-21-23-32(24-22-31)38-17-9-18-39-41-28-42-46(29-45(41)52-48(38)39)53-49(50-42)33-13-5-2-6-14-33/h1-29H. The van der Waals surface area contributed by atoms with Gasteiger partial charge in [0.05, 0.1) is 10.2 Å². The van der Waals surface area contributed by atoms with E-state index in [2.05, 4.69) is 164 Å². The van der Waals surface area contributed by atoms with E-state index in [-0.39, 0.29) is 0 Å². The average molecular weight is 712 g/mol. The van der Waals surface area contributed by atoms with Gasteiger partial charge in [-0.2, -0.15) is 0 Å². The molecule has 0 aliphatic heterocycles. The van der Waals surface area contributed by atoms with E-state index in [1.54, 1.807) is 11.3 Å². The van der Waals surface area contributed by atoms with Crippen LogP contribution in [0.25, 0.3) is 107 Å². The molecule has 0 N–H and O–H groups in total. The number of thiazole rings is 1. The maximum atomic E-state index is 6.28.